The lowest BCUT2D eigenvalue weighted by Gasteiger charge is -2.03. The van der Waals surface area contributed by atoms with Crippen LogP contribution in [-0.2, 0) is 6.54 Å². The van der Waals surface area contributed by atoms with Crippen LogP contribution >= 0.6 is 11.6 Å². The van der Waals surface area contributed by atoms with Crippen molar-refractivity contribution in [2.24, 2.45) is 5.73 Å². The van der Waals surface area contributed by atoms with Gasteiger partial charge in [-0.15, -0.1) is 0 Å². The molecule has 0 amide bonds. The Kier molecular flexibility index (Phi) is 2.14. The molecule has 0 atom stereocenters. The van der Waals surface area contributed by atoms with E-state index in [9.17, 15) is 4.79 Å². The van der Waals surface area contributed by atoms with Crippen molar-refractivity contribution in [2.45, 2.75) is 25.3 Å². The molecule has 1 heterocycles. The van der Waals surface area contributed by atoms with Gasteiger partial charge in [0.25, 0.3) is 5.56 Å². The Morgan fingerprint density at radius 1 is 1.62 bits per heavy atom. The maximum absolute atomic E-state index is 11.4. The number of rotatable bonds is 2. The minimum Gasteiger partial charge on any atom is -0.326 e. The average molecular weight is 199 g/mol. The van der Waals surface area contributed by atoms with Crippen LogP contribution in [0.4, 0.5) is 0 Å². The number of hydrogen-bond acceptors (Lipinski definition) is 2. The molecule has 0 unspecified atom stereocenters. The van der Waals surface area contributed by atoms with E-state index in [-0.39, 0.29) is 12.1 Å². The van der Waals surface area contributed by atoms with Gasteiger partial charge in [-0.25, -0.2) is 0 Å². The van der Waals surface area contributed by atoms with Gasteiger partial charge in [-0.3, -0.25) is 4.79 Å². The van der Waals surface area contributed by atoms with Crippen molar-refractivity contribution >= 4 is 11.6 Å². The summed E-state index contributed by atoms with van der Waals surface area (Å²) in [5.74, 6) is 0.465. The van der Waals surface area contributed by atoms with E-state index >= 15 is 0 Å². The van der Waals surface area contributed by atoms with Crippen LogP contribution in [0.5, 0.6) is 0 Å². The Balaban J connectivity index is 2.49. The van der Waals surface area contributed by atoms with E-state index in [0.29, 0.717) is 16.5 Å². The molecule has 13 heavy (non-hydrogen) atoms. The molecule has 0 aliphatic heterocycles. The van der Waals surface area contributed by atoms with Crippen LogP contribution in [0.2, 0.25) is 5.02 Å². The highest BCUT2D eigenvalue weighted by Gasteiger charge is 2.27. The van der Waals surface area contributed by atoms with E-state index in [0.717, 1.165) is 18.5 Å². The van der Waals surface area contributed by atoms with Crippen molar-refractivity contribution in [1.29, 1.82) is 0 Å². The zero-order valence-electron chi connectivity index (χ0n) is 7.14. The summed E-state index contributed by atoms with van der Waals surface area (Å²) in [6.45, 7) is 0.236. The van der Waals surface area contributed by atoms with Gasteiger partial charge in [-0.2, -0.15) is 0 Å². The fourth-order valence-corrected chi connectivity index (χ4v) is 1.71. The zero-order chi connectivity index (χ0) is 9.42. The molecular weight excluding hydrogens is 188 g/mol. The van der Waals surface area contributed by atoms with Crippen LogP contribution in [0, 0.1) is 0 Å². The summed E-state index contributed by atoms with van der Waals surface area (Å²) in [5, 5.41) is 0.641. The number of aromatic amines is 1. The van der Waals surface area contributed by atoms with Gasteiger partial charge in [0.05, 0.1) is 5.02 Å². The molecule has 1 saturated carbocycles. The van der Waals surface area contributed by atoms with Gasteiger partial charge < -0.3 is 10.7 Å². The van der Waals surface area contributed by atoms with Crippen molar-refractivity contribution in [3.63, 3.8) is 0 Å². The van der Waals surface area contributed by atoms with Crippen molar-refractivity contribution in [2.75, 3.05) is 0 Å². The largest absolute Gasteiger partial charge is 0.326 e. The molecule has 2 rings (SSSR count). The van der Waals surface area contributed by atoms with Crippen molar-refractivity contribution < 1.29 is 0 Å². The third-order valence-corrected chi connectivity index (χ3v) is 2.62. The maximum atomic E-state index is 11.4. The predicted molar refractivity (Wildman–Crippen MR) is 51.9 cm³/mol. The van der Waals surface area contributed by atoms with Crippen molar-refractivity contribution in [3.05, 3.63) is 32.7 Å². The molecule has 0 saturated heterocycles. The van der Waals surface area contributed by atoms with Gasteiger partial charge in [0.1, 0.15) is 0 Å². The number of halogens is 1. The summed E-state index contributed by atoms with van der Waals surface area (Å²) in [5.41, 5.74) is 6.71. The molecule has 3 N–H and O–H groups in total. The molecule has 4 heteroatoms. The van der Waals surface area contributed by atoms with Crippen LogP contribution in [0.15, 0.2) is 10.9 Å². The average Bonchev–Trinajstić information content (AvgIpc) is 2.91. The molecule has 0 radical (unpaired) electrons. The normalized spacial score (nSPS) is 16.2. The highest BCUT2D eigenvalue weighted by molar-refractivity contribution is 6.31. The Morgan fingerprint density at radius 3 is 2.85 bits per heavy atom. The van der Waals surface area contributed by atoms with Crippen LogP contribution in [-0.4, -0.2) is 4.98 Å². The highest BCUT2D eigenvalue weighted by atomic mass is 35.5. The lowest BCUT2D eigenvalue weighted by Crippen LogP contribution is -2.17. The van der Waals surface area contributed by atoms with E-state index < -0.39 is 0 Å². The van der Waals surface area contributed by atoms with E-state index in [1.807, 2.05) is 0 Å². The second-order valence-corrected chi connectivity index (χ2v) is 3.77. The van der Waals surface area contributed by atoms with Crippen LogP contribution in [0.3, 0.4) is 0 Å². The molecule has 0 aromatic carbocycles. The maximum Gasteiger partial charge on any atom is 0.252 e. The van der Waals surface area contributed by atoms with Gasteiger partial charge >= 0.3 is 0 Å². The Bertz CT molecular complexity index is 382. The summed E-state index contributed by atoms with van der Waals surface area (Å²) >= 11 is 5.99. The monoisotopic (exact) mass is 198 g/mol. The van der Waals surface area contributed by atoms with E-state index in [2.05, 4.69) is 4.98 Å². The standard InChI is InChI=1S/C9H11ClN2O/c10-7-3-6(4-11)9(13)12-8(7)5-1-2-5/h3,5H,1-2,4,11H2,(H,12,13). The second-order valence-electron chi connectivity index (χ2n) is 3.36. The van der Waals surface area contributed by atoms with Gasteiger partial charge in [0.2, 0.25) is 0 Å². The van der Waals surface area contributed by atoms with Crippen LogP contribution < -0.4 is 11.3 Å². The number of nitrogens with one attached hydrogen (secondary N) is 1. The first-order valence-electron chi connectivity index (χ1n) is 4.34. The third-order valence-electron chi connectivity index (χ3n) is 2.30. The highest BCUT2D eigenvalue weighted by Crippen LogP contribution is 2.41. The Morgan fingerprint density at radius 2 is 2.31 bits per heavy atom. The molecule has 1 fully saturated rings. The van der Waals surface area contributed by atoms with Crippen molar-refractivity contribution in [1.82, 2.24) is 4.98 Å². The molecule has 3 nitrogen and oxygen atoms in total. The Hall–Kier alpha value is -0.800. The SMILES string of the molecule is NCc1cc(Cl)c(C2CC2)[nH]c1=O. The first kappa shape index (κ1) is 8.78. The third kappa shape index (κ3) is 1.62. The number of pyridine rings is 1. The topological polar surface area (TPSA) is 58.9 Å². The summed E-state index contributed by atoms with van der Waals surface area (Å²) in [7, 11) is 0. The van der Waals surface area contributed by atoms with Crippen LogP contribution in [0.1, 0.15) is 30.0 Å². The fraction of sp³-hybridized carbons (Fsp3) is 0.444. The molecule has 1 aromatic heterocycles. The van der Waals surface area contributed by atoms with Gasteiger partial charge in [0.15, 0.2) is 0 Å². The number of hydrogen-bond donors (Lipinski definition) is 2. The minimum absolute atomic E-state index is 0.103. The summed E-state index contributed by atoms with van der Waals surface area (Å²) in [6.07, 6.45) is 2.25. The van der Waals surface area contributed by atoms with Crippen molar-refractivity contribution in [3.8, 4) is 0 Å². The van der Waals surface area contributed by atoms with E-state index in [1.165, 1.54) is 0 Å². The lowest BCUT2D eigenvalue weighted by molar-refractivity contribution is 0.950. The lowest BCUT2D eigenvalue weighted by atomic mass is 10.2. The molecule has 1 aliphatic rings. The minimum atomic E-state index is -0.103. The van der Waals surface area contributed by atoms with E-state index in [1.54, 1.807) is 6.07 Å². The molecule has 70 valence electrons. The van der Waals surface area contributed by atoms with Gasteiger partial charge in [0, 0.05) is 23.7 Å². The summed E-state index contributed by atoms with van der Waals surface area (Å²) < 4.78 is 0. The summed E-state index contributed by atoms with van der Waals surface area (Å²) in [6, 6.07) is 1.67. The number of H-pyrrole nitrogens is 1. The molecular formula is C9H11ClN2O. The quantitative estimate of drug-likeness (QED) is 0.754. The van der Waals surface area contributed by atoms with Gasteiger partial charge in [-0.1, -0.05) is 11.6 Å². The molecule has 1 aliphatic carbocycles. The van der Waals surface area contributed by atoms with E-state index in [4.69, 9.17) is 17.3 Å². The summed E-state index contributed by atoms with van der Waals surface area (Å²) in [4.78, 5) is 14.2. The number of nitrogens with two attached hydrogens (primary N) is 1. The first-order chi connectivity index (χ1) is 6.22. The zero-order valence-corrected chi connectivity index (χ0v) is 7.90. The Labute approximate surface area is 80.9 Å². The smallest absolute Gasteiger partial charge is 0.252 e. The van der Waals surface area contributed by atoms with Crippen LogP contribution in [0.25, 0.3) is 0 Å². The predicted octanol–water partition coefficient (Wildman–Crippen LogP) is 1.36. The first-order valence-corrected chi connectivity index (χ1v) is 4.72. The fourth-order valence-electron chi connectivity index (χ4n) is 1.38. The number of aromatic nitrogens is 1. The molecule has 1 aromatic rings. The molecule has 0 bridgehead atoms. The van der Waals surface area contributed by atoms with Gasteiger partial charge in [-0.05, 0) is 18.9 Å². The molecule has 0 spiro atoms. The second kappa shape index (κ2) is 3.16.